The number of hydrogen-bond donors (Lipinski definition) is 2. The molecule has 88 valence electrons. The molecular formula is C11H16BrN3O. The summed E-state index contributed by atoms with van der Waals surface area (Å²) in [4.78, 5) is 15.7. The van der Waals surface area contributed by atoms with Crippen molar-refractivity contribution in [1.29, 1.82) is 0 Å². The molecule has 0 aliphatic carbocycles. The minimum Gasteiger partial charge on any atom is -0.325 e. The molecule has 0 fully saturated rings. The molecule has 0 spiro atoms. The fraction of sp³-hybridized carbons (Fsp3) is 0.455. The molecule has 3 N–H and O–H groups in total. The number of hydrogen-bond acceptors (Lipinski definition) is 3. The molecule has 0 aromatic carbocycles. The molecule has 0 saturated heterocycles. The zero-order valence-electron chi connectivity index (χ0n) is 9.67. The van der Waals surface area contributed by atoms with Crippen LogP contribution in [-0.4, -0.2) is 16.4 Å². The average Bonchev–Trinajstić information content (AvgIpc) is 2.08. The molecule has 0 atom stereocenters. The van der Waals surface area contributed by atoms with Crippen LogP contribution in [0.25, 0.3) is 0 Å². The lowest BCUT2D eigenvalue weighted by Crippen LogP contribution is -2.36. The van der Waals surface area contributed by atoms with E-state index in [0.29, 0.717) is 5.82 Å². The van der Waals surface area contributed by atoms with Crippen molar-refractivity contribution in [2.75, 3.05) is 5.32 Å². The number of nitrogens with one attached hydrogen (secondary N) is 1. The molecule has 1 aromatic heterocycles. The number of aromatic nitrogens is 1. The van der Waals surface area contributed by atoms with Crippen molar-refractivity contribution in [2.45, 2.75) is 32.7 Å². The second-order valence-corrected chi connectivity index (χ2v) is 5.39. The summed E-state index contributed by atoms with van der Waals surface area (Å²) < 4.78 is 0.921. The van der Waals surface area contributed by atoms with Gasteiger partial charge in [-0.05, 0) is 48.3 Å². The number of carbonyl (C=O) groups excluding carboxylic acids is 1. The third kappa shape index (κ3) is 4.28. The van der Waals surface area contributed by atoms with Gasteiger partial charge in [0.25, 0.3) is 0 Å². The summed E-state index contributed by atoms with van der Waals surface area (Å²) in [6.07, 6.45) is 1.93. The summed E-state index contributed by atoms with van der Waals surface area (Å²) in [7, 11) is 0. The normalized spacial score (nSPS) is 11.3. The highest BCUT2D eigenvalue weighted by atomic mass is 79.9. The molecule has 0 saturated carbocycles. The zero-order chi connectivity index (χ0) is 12.3. The Kier molecular flexibility index (Phi) is 4.04. The molecule has 0 aliphatic rings. The molecule has 0 bridgehead atoms. The maximum Gasteiger partial charge on any atom is 0.227 e. The highest BCUT2D eigenvalue weighted by molar-refractivity contribution is 9.10. The van der Waals surface area contributed by atoms with E-state index >= 15 is 0 Å². The topological polar surface area (TPSA) is 68.0 Å². The fourth-order valence-electron chi connectivity index (χ4n) is 1.21. The van der Waals surface area contributed by atoms with Gasteiger partial charge in [0, 0.05) is 22.6 Å². The highest BCUT2D eigenvalue weighted by Crippen LogP contribution is 2.17. The van der Waals surface area contributed by atoms with Gasteiger partial charge in [-0.2, -0.15) is 0 Å². The third-order valence-corrected chi connectivity index (χ3v) is 2.76. The maximum atomic E-state index is 11.6. The van der Waals surface area contributed by atoms with E-state index in [1.54, 1.807) is 6.20 Å². The molecule has 0 aliphatic heterocycles. The van der Waals surface area contributed by atoms with E-state index in [-0.39, 0.29) is 12.3 Å². The molecule has 1 amide bonds. The van der Waals surface area contributed by atoms with E-state index in [4.69, 9.17) is 5.73 Å². The van der Waals surface area contributed by atoms with Crippen LogP contribution in [0, 0.1) is 6.92 Å². The zero-order valence-corrected chi connectivity index (χ0v) is 11.3. The van der Waals surface area contributed by atoms with Crippen LogP contribution in [0.15, 0.2) is 16.7 Å². The van der Waals surface area contributed by atoms with Crippen LogP contribution in [0.5, 0.6) is 0 Å². The van der Waals surface area contributed by atoms with Crippen LogP contribution in [0.2, 0.25) is 0 Å². The lowest BCUT2D eigenvalue weighted by Gasteiger charge is -2.17. The Labute approximate surface area is 104 Å². The average molecular weight is 286 g/mol. The van der Waals surface area contributed by atoms with E-state index < -0.39 is 5.54 Å². The van der Waals surface area contributed by atoms with Gasteiger partial charge in [-0.1, -0.05) is 0 Å². The first-order valence-corrected chi connectivity index (χ1v) is 5.78. The Balaban J connectivity index is 2.67. The highest BCUT2D eigenvalue weighted by Gasteiger charge is 2.16. The SMILES string of the molecule is Cc1cc(NC(=O)CC(C)(C)N)ncc1Br. The Hall–Kier alpha value is -0.940. The van der Waals surface area contributed by atoms with Crippen molar-refractivity contribution >= 4 is 27.7 Å². The summed E-state index contributed by atoms with van der Waals surface area (Å²) in [6, 6.07) is 1.81. The van der Waals surface area contributed by atoms with Crippen molar-refractivity contribution in [3.8, 4) is 0 Å². The summed E-state index contributed by atoms with van der Waals surface area (Å²) in [5.41, 5.74) is 6.28. The largest absolute Gasteiger partial charge is 0.325 e. The number of carbonyl (C=O) groups is 1. The number of halogens is 1. The number of nitrogens with two attached hydrogens (primary N) is 1. The number of anilines is 1. The fourth-order valence-corrected chi connectivity index (χ4v) is 1.43. The number of pyridine rings is 1. The molecule has 5 heteroatoms. The van der Waals surface area contributed by atoms with E-state index in [9.17, 15) is 4.79 Å². The Morgan fingerprint density at radius 1 is 1.62 bits per heavy atom. The maximum absolute atomic E-state index is 11.6. The molecule has 1 rings (SSSR count). The summed E-state index contributed by atoms with van der Waals surface area (Å²) >= 11 is 3.35. The van der Waals surface area contributed by atoms with Gasteiger partial charge < -0.3 is 11.1 Å². The number of aryl methyl sites for hydroxylation is 1. The molecule has 0 radical (unpaired) electrons. The predicted octanol–water partition coefficient (Wildman–Crippen LogP) is 2.22. The van der Waals surface area contributed by atoms with Crippen LogP contribution >= 0.6 is 15.9 Å². The van der Waals surface area contributed by atoms with Crippen molar-refractivity contribution < 1.29 is 4.79 Å². The smallest absolute Gasteiger partial charge is 0.227 e. The van der Waals surface area contributed by atoms with Crippen LogP contribution in [0.3, 0.4) is 0 Å². The van der Waals surface area contributed by atoms with Crippen molar-refractivity contribution in [3.05, 3.63) is 22.3 Å². The quantitative estimate of drug-likeness (QED) is 0.895. The first-order chi connectivity index (χ1) is 7.28. The Morgan fingerprint density at radius 2 is 2.25 bits per heavy atom. The second kappa shape index (κ2) is 4.93. The van der Waals surface area contributed by atoms with Crippen molar-refractivity contribution in [2.24, 2.45) is 5.73 Å². The van der Waals surface area contributed by atoms with Gasteiger partial charge in [-0.25, -0.2) is 4.98 Å². The lowest BCUT2D eigenvalue weighted by molar-refractivity contribution is -0.117. The monoisotopic (exact) mass is 285 g/mol. The lowest BCUT2D eigenvalue weighted by atomic mass is 10.0. The third-order valence-electron chi connectivity index (χ3n) is 1.93. The minimum absolute atomic E-state index is 0.123. The molecule has 0 unspecified atom stereocenters. The summed E-state index contributed by atoms with van der Waals surface area (Å²) in [6.45, 7) is 5.56. The second-order valence-electron chi connectivity index (χ2n) is 4.53. The number of rotatable bonds is 3. The predicted molar refractivity (Wildman–Crippen MR) is 68.2 cm³/mol. The number of nitrogens with zero attached hydrogens (tertiary/aromatic N) is 1. The Morgan fingerprint density at radius 3 is 2.75 bits per heavy atom. The van der Waals surface area contributed by atoms with Crippen LogP contribution in [0.4, 0.5) is 5.82 Å². The van der Waals surface area contributed by atoms with Crippen LogP contribution in [0.1, 0.15) is 25.8 Å². The molecule has 16 heavy (non-hydrogen) atoms. The van der Waals surface area contributed by atoms with Gasteiger partial charge in [0.15, 0.2) is 0 Å². The number of amides is 1. The van der Waals surface area contributed by atoms with E-state index in [1.807, 2.05) is 26.8 Å². The van der Waals surface area contributed by atoms with Gasteiger partial charge in [0.2, 0.25) is 5.91 Å². The van der Waals surface area contributed by atoms with Gasteiger partial charge in [0.05, 0.1) is 0 Å². The minimum atomic E-state index is -0.505. The van der Waals surface area contributed by atoms with Gasteiger partial charge in [-0.15, -0.1) is 0 Å². The van der Waals surface area contributed by atoms with Gasteiger partial charge in [0.1, 0.15) is 5.82 Å². The molecular weight excluding hydrogens is 270 g/mol. The van der Waals surface area contributed by atoms with Crippen LogP contribution < -0.4 is 11.1 Å². The van der Waals surface area contributed by atoms with Crippen molar-refractivity contribution in [3.63, 3.8) is 0 Å². The van der Waals surface area contributed by atoms with E-state index in [2.05, 4.69) is 26.2 Å². The molecule has 4 nitrogen and oxygen atoms in total. The standard InChI is InChI=1S/C11H16BrN3O/c1-7-4-9(14-6-8(7)12)15-10(16)5-11(2,3)13/h4,6H,5,13H2,1-3H3,(H,14,15,16). The van der Waals surface area contributed by atoms with E-state index in [0.717, 1.165) is 10.0 Å². The summed E-state index contributed by atoms with van der Waals surface area (Å²) in [5.74, 6) is 0.427. The summed E-state index contributed by atoms with van der Waals surface area (Å²) in [5, 5.41) is 2.72. The van der Waals surface area contributed by atoms with Gasteiger partial charge >= 0.3 is 0 Å². The van der Waals surface area contributed by atoms with Crippen LogP contribution in [-0.2, 0) is 4.79 Å². The van der Waals surface area contributed by atoms with Crippen molar-refractivity contribution in [1.82, 2.24) is 4.98 Å². The van der Waals surface area contributed by atoms with Gasteiger partial charge in [-0.3, -0.25) is 4.79 Å². The molecule has 1 heterocycles. The first kappa shape index (κ1) is 13.1. The first-order valence-electron chi connectivity index (χ1n) is 4.99. The van der Waals surface area contributed by atoms with E-state index in [1.165, 1.54) is 0 Å². The molecule has 1 aromatic rings. The Bertz CT molecular complexity index is 399.